The molecule has 0 atom stereocenters. The van der Waals surface area contributed by atoms with Crippen molar-refractivity contribution >= 4 is 5.91 Å². The van der Waals surface area contributed by atoms with Gasteiger partial charge in [0.15, 0.2) is 0 Å². The number of nitrogens with zero attached hydrogens (tertiary/aromatic N) is 1. The monoisotopic (exact) mass is 424 g/mol. The molecule has 0 fully saturated rings. The summed E-state index contributed by atoms with van der Waals surface area (Å²) in [5.41, 5.74) is 2.82. The van der Waals surface area contributed by atoms with Crippen LogP contribution in [0.4, 0.5) is 0 Å². The number of aromatic nitrogens is 1. The normalized spacial score (nSPS) is 10.5. The molecule has 4 aromatic rings. The van der Waals surface area contributed by atoms with Gasteiger partial charge in [-0.15, -0.1) is 0 Å². The van der Waals surface area contributed by atoms with Crippen molar-refractivity contribution in [1.29, 1.82) is 0 Å². The van der Waals surface area contributed by atoms with Crippen LogP contribution in [-0.2, 0) is 19.7 Å². The zero-order valence-corrected chi connectivity index (χ0v) is 17.6. The fraction of sp³-hybridized carbons (Fsp3) is 0.111. The van der Waals surface area contributed by atoms with Crippen molar-refractivity contribution in [3.8, 4) is 5.75 Å². The van der Waals surface area contributed by atoms with Gasteiger partial charge in [0.05, 0.1) is 6.54 Å². The first-order chi connectivity index (χ1) is 15.7. The topological polar surface area (TPSA) is 60.3 Å². The minimum Gasteiger partial charge on any atom is -0.489 e. The van der Waals surface area contributed by atoms with E-state index in [1.807, 2.05) is 84.9 Å². The fourth-order valence-corrected chi connectivity index (χ4v) is 3.33. The molecule has 0 aliphatic rings. The molecule has 1 amide bonds. The highest BCUT2D eigenvalue weighted by Gasteiger charge is 2.12. The van der Waals surface area contributed by atoms with Crippen molar-refractivity contribution in [3.63, 3.8) is 0 Å². The summed E-state index contributed by atoms with van der Waals surface area (Å²) in [5, 5.41) is 2.84. The number of ether oxygens (including phenoxy) is 1. The SMILES string of the molecule is O=C(NCc1ccc(COc2ccccc2)cc1)c1cccn(Cc2ccccc2)c1=O. The van der Waals surface area contributed by atoms with Gasteiger partial charge in [0, 0.05) is 12.7 Å². The molecule has 0 aliphatic heterocycles. The molecule has 1 N–H and O–H groups in total. The Morgan fingerprint density at radius 2 is 1.41 bits per heavy atom. The van der Waals surface area contributed by atoms with Crippen LogP contribution in [0.3, 0.4) is 0 Å². The number of carbonyl (C=O) groups excluding carboxylic acids is 1. The highest BCUT2D eigenvalue weighted by atomic mass is 16.5. The molecule has 0 saturated heterocycles. The molecule has 160 valence electrons. The Balaban J connectivity index is 1.34. The number of nitrogens with one attached hydrogen (secondary N) is 1. The molecule has 0 saturated carbocycles. The van der Waals surface area contributed by atoms with Crippen LogP contribution in [0.5, 0.6) is 5.75 Å². The summed E-state index contributed by atoms with van der Waals surface area (Å²) in [4.78, 5) is 25.4. The van der Waals surface area contributed by atoms with Gasteiger partial charge < -0.3 is 14.6 Å². The second kappa shape index (κ2) is 10.3. The Kier molecular flexibility index (Phi) is 6.78. The van der Waals surface area contributed by atoms with Gasteiger partial charge in [-0.05, 0) is 41.0 Å². The molecular formula is C27H24N2O3. The van der Waals surface area contributed by atoms with Crippen molar-refractivity contribution < 1.29 is 9.53 Å². The van der Waals surface area contributed by atoms with Crippen LogP contribution in [-0.4, -0.2) is 10.5 Å². The van der Waals surface area contributed by atoms with Gasteiger partial charge in [0.1, 0.15) is 17.9 Å². The number of pyridine rings is 1. The van der Waals surface area contributed by atoms with Crippen LogP contribution in [0.25, 0.3) is 0 Å². The van der Waals surface area contributed by atoms with E-state index in [0.29, 0.717) is 19.7 Å². The van der Waals surface area contributed by atoms with E-state index in [9.17, 15) is 9.59 Å². The number of amides is 1. The third-order valence-corrected chi connectivity index (χ3v) is 5.09. The van der Waals surface area contributed by atoms with Gasteiger partial charge in [-0.1, -0.05) is 72.8 Å². The third kappa shape index (κ3) is 5.52. The maximum absolute atomic E-state index is 12.7. The third-order valence-electron chi connectivity index (χ3n) is 5.09. The van der Waals surface area contributed by atoms with E-state index in [4.69, 9.17) is 4.74 Å². The van der Waals surface area contributed by atoms with E-state index < -0.39 is 0 Å². The van der Waals surface area contributed by atoms with Crippen LogP contribution in [0.2, 0.25) is 0 Å². The molecule has 0 unspecified atom stereocenters. The van der Waals surface area contributed by atoms with Gasteiger partial charge in [0.25, 0.3) is 11.5 Å². The summed E-state index contributed by atoms with van der Waals surface area (Å²) in [6.45, 7) is 1.24. The van der Waals surface area contributed by atoms with Gasteiger partial charge in [-0.25, -0.2) is 0 Å². The molecule has 32 heavy (non-hydrogen) atoms. The van der Waals surface area contributed by atoms with E-state index in [1.54, 1.807) is 22.9 Å². The number of para-hydroxylation sites is 1. The molecule has 4 rings (SSSR count). The minimum atomic E-state index is -0.381. The standard InChI is InChI=1S/C27H24N2O3/c30-26(25-12-7-17-29(27(25)31)19-22-8-3-1-4-9-22)28-18-21-13-15-23(16-14-21)20-32-24-10-5-2-6-11-24/h1-17H,18-20H2,(H,28,30). The molecule has 0 radical (unpaired) electrons. The number of rotatable bonds is 8. The van der Waals surface area contributed by atoms with Crippen molar-refractivity contribution in [1.82, 2.24) is 9.88 Å². The first-order valence-corrected chi connectivity index (χ1v) is 10.5. The van der Waals surface area contributed by atoms with Crippen LogP contribution >= 0.6 is 0 Å². The summed E-state index contributed by atoms with van der Waals surface area (Å²) in [6, 6.07) is 30.5. The first-order valence-electron chi connectivity index (χ1n) is 10.5. The molecular weight excluding hydrogens is 400 g/mol. The highest BCUT2D eigenvalue weighted by Crippen LogP contribution is 2.12. The van der Waals surface area contributed by atoms with E-state index in [0.717, 1.165) is 22.4 Å². The Morgan fingerprint density at radius 3 is 2.12 bits per heavy atom. The predicted octanol–water partition coefficient (Wildman–Crippen LogP) is 4.41. The van der Waals surface area contributed by atoms with Crippen LogP contribution < -0.4 is 15.6 Å². The number of hydrogen-bond donors (Lipinski definition) is 1. The van der Waals surface area contributed by atoms with Gasteiger partial charge in [0.2, 0.25) is 0 Å². The average Bonchev–Trinajstić information content (AvgIpc) is 2.84. The Bertz CT molecular complexity index is 1220. The van der Waals surface area contributed by atoms with Gasteiger partial charge >= 0.3 is 0 Å². The number of carbonyl (C=O) groups is 1. The Morgan fingerprint density at radius 1 is 0.750 bits per heavy atom. The largest absolute Gasteiger partial charge is 0.489 e. The van der Waals surface area contributed by atoms with Crippen molar-refractivity contribution in [3.05, 3.63) is 136 Å². The molecule has 0 bridgehead atoms. The lowest BCUT2D eigenvalue weighted by molar-refractivity contribution is 0.0949. The molecule has 3 aromatic carbocycles. The summed E-state index contributed by atoms with van der Waals surface area (Å²) in [6.07, 6.45) is 1.70. The molecule has 0 aliphatic carbocycles. The highest BCUT2D eigenvalue weighted by molar-refractivity contribution is 5.93. The average molecular weight is 425 g/mol. The van der Waals surface area contributed by atoms with E-state index in [-0.39, 0.29) is 17.0 Å². The Hall–Kier alpha value is -4.12. The summed E-state index contributed by atoms with van der Waals surface area (Å²) in [5.74, 6) is 0.443. The quantitative estimate of drug-likeness (QED) is 0.456. The summed E-state index contributed by atoms with van der Waals surface area (Å²) in [7, 11) is 0. The lowest BCUT2D eigenvalue weighted by Gasteiger charge is -2.10. The fourth-order valence-electron chi connectivity index (χ4n) is 3.33. The Labute approximate surface area is 186 Å². The molecule has 5 heteroatoms. The maximum Gasteiger partial charge on any atom is 0.263 e. The molecule has 1 heterocycles. The second-order valence-electron chi connectivity index (χ2n) is 7.44. The van der Waals surface area contributed by atoms with Crippen molar-refractivity contribution in [2.75, 3.05) is 0 Å². The van der Waals surface area contributed by atoms with E-state index in [2.05, 4.69) is 5.32 Å². The lowest BCUT2D eigenvalue weighted by Crippen LogP contribution is -2.32. The van der Waals surface area contributed by atoms with Crippen LogP contribution in [0.1, 0.15) is 27.0 Å². The van der Waals surface area contributed by atoms with Crippen LogP contribution in [0.15, 0.2) is 108 Å². The number of benzene rings is 3. The first kappa shape index (κ1) is 21.1. The van der Waals surface area contributed by atoms with Crippen molar-refractivity contribution in [2.24, 2.45) is 0 Å². The smallest absolute Gasteiger partial charge is 0.263 e. The van der Waals surface area contributed by atoms with Gasteiger partial charge in [-0.3, -0.25) is 9.59 Å². The zero-order chi connectivity index (χ0) is 22.2. The molecule has 5 nitrogen and oxygen atoms in total. The lowest BCUT2D eigenvalue weighted by atomic mass is 10.1. The van der Waals surface area contributed by atoms with Crippen LogP contribution in [0, 0.1) is 0 Å². The summed E-state index contributed by atoms with van der Waals surface area (Å²) < 4.78 is 7.30. The predicted molar refractivity (Wildman–Crippen MR) is 125 cm³/mol. The van der Waals surface area contributed by atoms with Crippen molar-refractivity contribution in [2.45, 2.75) is 19.7 Å². The maximum atomic E-state index is 12.7. The zero-order valence-electron chi connectivity index (χ0n) is 17.6. The summed E-state index contributed by atoms with van der Waals surface area (Å²) >= 11 is 0. The molecule has 0 spiro atoms. The van der Waals surface area contributed by atoms with E-state index in [1.165, 1.54) is 0 Å². The van der Waals surface area contributed by atoms with E-state index >= 15 is 0 Å². The minimum absolute atomic E-state index is 0.135. The van der Waals surface area contributed by atoms with Gasteiger partial charge in [-0.2, -0.15) is 0 Å². The number of hydrogen-bond acceptors (Lipinski definition) is 3. The molecule has 1 aromatic heterocycles. The second-order valence-corrected chi connectivity index (χ2v) is 7.44.